The standard InChI is InChI=1S/C16H13FS2/c1-18-14-8-4-12(5-9-14)3-6-13-7-10-15(19-2)11-16(13)17/h4-5,7-11H,1-2H3. The van der Waals surface area contributed by atoms with Gasteiger partial charge in [0, 0.05) is 15.4 Å². The van der Waals surface area contributed by atoms with Gasteiger partial charge < -0.3 is 0 Å². The Morgan fingerprint density at radius 3 is 2.05 bits per heavy atom. The van der Waals surface area contributed by atoms with Gasteiger partial charge in [-0.05, 0) is 55.0 Å². The number of hydrogen-bond donors (Lipinski definition) is 0. The van der Waals surface area contributed by atoms with Gasteiger partial charge in [0.15, 0.2) is 0 Å². The van der Waals surface area contributed by atoms with Gasteiger partial charge in [0.25, 0.3) is 0 Å². The molecule has 0 saturated carbocycles. The highest BCUT2D eigenvalue weighted by molar-refractivity contribution is 7.98. The van der Waals surface area contributed by atoms with Crippen LogP contribution in [0.5, 0.6) is 0 Å². The second-order valence-electron chi connectivity index (χ2n) is 3.82. The molecule has 2 aromatic rings. The Kier molecular flexibility index (Phi) is 4.95. The molecule has 0 saturated heterocycles. The third-order valence-corrected chi connectivity index (χ3v) is 4.08. The Morgan fingerprint density at radius 1 is 0.842 bits per heavy atom. The van der Waals surface area contributed by atoms with Crippen LogP contribution in [0.15, 0.2) is 52.3 Å². The topological polar surface area (TPSA) is 0 Å². The van der Waals surface area contributed by atoms with Crippen LogP contribution < -0.4 is 0 Å². The summed E-state index contributed by atoms with van der Waals surface area (Å²) in [6, 6.07) is 13.1. The maximum Gasteiger partial charge on any atom is 0.139 e. The van der Waals surface area contributed by atoms with Gasteiger partial charge in [-0.15, -0.1) is 23.5 Å². The zero-order chi connectivity index (χ0) is 13.7. The average molecular weight is 288 g/mol. The fourth-order valence-corrected chi connectivity index (χ4v) is 2.37. The first-order valence-corrected chi connectivity index (χ1v) is 8.17. The Hall–Kier alpha value is -1.37. The summed E-state index contributed by atoms with van der Waals surface area (Å²) in [4.78, 5) is 2.11. The minimum Gasteiger partial charge on any atom is -0.206 e. The van der Waals surface area contributed by atoms with E-state index in [1.54, 1.807) is 17.8 Å². The largest absolute Gasteiger partial charge is 0.206 e. The quantitative estimate of drug-likeness (QED) is 0.582. The van der Waals surface area contributed by atoms with E-state index in [-0.39, 0.29) is 5.82 Å². The zero-order valence-electron chi connectivity index (χ0n) is 10.7. The van der Waals surface area contributed by atoms with Gasteiger partial charge in [-0.2, -0.15) is 0 Å². The third kappa shape index (κ3) is 3.79. The molecular weight excluding hydrogens is 275 g/mol. The van der Waals surface area contributed by atoms with E-state index in [0.717, 1.165) is 10.5 Å². The van der Waals surface area contributed by atoms with Crippen molar-refractivity contribution in [2.24, 2.45) is 0 Å². The van der Waals surface area contributed by atoms with Crippen LogP contribution in [0.4, 0.5) is 4.39 Å². The molecule has 0 aliphatic rings. The number of hydrogen-bond acceptors (Lipinski definition) is 2. The predicted octanol–water partition coefficient (Wildman–Crippen LogP) is 4.67. The Morgan fingerprint density at radius 2 is 1.47 bits per heavy atom. The van der Waals surface area contributed by atoms with E-state index < -0.39 is 0 Å². The minimum atomic E-state index is -0.264. The molecule has 3 heteroatoms. The van der Waals surface area contributed by atoms with Crippen LogP contribution in [0.3, 0.4) is 0 Å². The summed E-state index contributed by atoms with van der Waals surface area (Å²) in [7, 11) is 0. The molecule has 0 N–H and O–H groups in total. The summed E-state index contributed by atoms with van der Waals surface area (Å²) in [5.41, 5.74) is 1.33. The number of thioether (sulfide) groups is 2. The summed E-state index contributed by atoms with van der Waals surface area (Å²) in [5, 5.41) is 0. The second-order valence-corrected chi connectivity index (χ2v) is 5.58. The molecule has 0 bridgehead atoms. The molecule has 0 nitrogen and oxygen atoms in total. The molecule has 0 spiro atoms. The van der Waals surface area contributed by atoms with Crippen LogP contribution >= 0.6 is 23.5 Å². The molecule has 0 aliphatic heterocycles. The molecule has 0 aromatic heterocycles. The predicted molar refractivity (Wildman–Crippen MR) is 82.4 cm³/mol. The van der Waals surface area contributed by atoms with Gasteiger partial charge >= 0.3 is 0 Å². The summed E-state index contributed by atoms with van der Waals surface area (Å²) >= 11 is 3.21. The van der Waals surface area contributed by atoms with Crippen LogP contribution in [0.1, 0.15) is 11.1 Å². The first-order chi connectivity index (χ1) is 9.22. The van der Waals surface area contributed by atoms with E-state index in [0.29, 0.717) is 5.56 Å². The van der Waals surface area contributed by atoms with Crippen molar-refractivity contribution in [1.29, 1.82) is 0 Å². The molecule has 0 radical (unpaired) electrons. The van der Waals surface area contributed by atoms with Crippen molar-refractivity contribution in [3.63, 3.8) is 0 Å². The minimum absolute atomic E-state index is 0.264. The van der Waals surface area contributed by atoms with Gasteiger partial charge in [0.2, 0.25) is 0 Å². The van der Waals surface area contributed by atoms with E-state index in [9.17, 15) is 4.39 Å². The molecule has 19 heavy (non-hydrogen) atoms. The number of benzene rings is 2. The fourth-order valence-electron chi connectivity index (χ4n) is 1.54. The summed E-state index contributed by atoms with van der Waals surface area (Å²) in [5.74, 6) is 5.60. The fraction of sp³-hybridized carbons (Fsp3) is 0.125. The Balaban J connectivity index is 2.23. The molecule has 0 atom stereocenters. The molecule has 0 fully saturated rings. The lowest BCUT2D eigenvalue weighted by molar-refractivity contribution is 0.621. The van der Waals surface area contributed by atoms with E-state index in [1.807, 2.05) is 42.8 Å². The molecule has 0 heterocycles. The van der Waals surface area contributed by atoms with Crippen LogP contribution in [-0.2, 0) is 0 Å². The molecular formula is C16H13FS2. The lowest BCUT2D eigenvalue weighted by Crippen LogP contribution is -1.84. The second kappa shape index (κ2) is 6.70. The normalized spacial score (nSPS) is 9.84. The number of rotatable bonds is 2. The van der Waals surface area contributed by atoms with Crippen molar-refractivity contribution < 1.29 is 4.39 Å². The lowest BCUT2D eigenvalue weighted by Gasteiger charge is -1.98. The van der Waals surface area contributed by atoms with Crippen LogP contribution in [0.25, 0.3) is 0 Å². The summed E-state index contributed by atoms with van der Waals surface area (Å²) < 4.78 is 13.7. The van der Waals surface area contributed by atoms with Gasteiger partial charge in [-0.3, -0.25) is 0 Å². The maximum absolute atomic E-state index is 13.7. The average Bonchev–Trinajstić information content (AvgIpc) is 2.46. The lowest BCUT2D eigenvalue weighted by atomic mass is 10.2. The molecule has 96 valence electrons. The highest BCUT2D eigenvalue weighted by Crippen LogP contribution is 2.18. The highest BCUT2D eigenvalue weighted by Gasteiger charge is 2.00. The summed E-state index contributed by atoms with van der Waals surface area (Å²) in [6.07, 6.45) is 3.96. The van der Waals surface area contributed by atoms with Crippen molar-refractivity contribution in [2.45, 2.75) is 9.79 Å². The van der Waals surface area contributed by atoms with Crippen LogP contribution in [0.2, 0.25) is 0 Å². The van der Waals surface area contributed by atoms with E-state index in [4.69, 9.17) is 0 Å². The van der Waals surface area contributed by atoms with E-state index in [1.165, 1.54) is 22.7 Å². The van der Waals surface area contributed by atoms with Crippen molar-refractivity contribution in [1.82, 2.24) is 0 Å². The van der Waals surface area contributed by atoms with E-state index in [2.05, 4.69) is 11.8 Å². The molecule has 0 amide bonds. The van der Waals surface area contributed by atoms with E-state index >= 15 is 0 Å². The van der Waals surface area contributed by atoms with Crippen molar-refractivity contribution >= 4 is 23.5 Å². The molecule has 0 unspecified atom stereocenters. The monoisotopic (exact) mass is 288 g/mol. The Bertz CT molecular complexity index is 621. The zero-order valence-corrected chi connectivity index (χ0v) is 12.4. The van der Waals surface area contributed by atoms with Gasteiger partial charge in [0.1, 0.15) is 5.82 Å². The van der Waals surface area contributed by atoms with Crippen LogP contribution in [-0.4, -0.2) is 12.5 Å². The molecule has 2 rings (SSSR count). The van der Waals surface area contributed by atoms with Crippen LogP contribution in [0, 0.1) is 17.7 Å². The van der Waals surface area contributed by atoms with Gasteiger partial charge in [-0.1, -0.05) is 11.8 Å². The molecule has 0 aliphatic carbocycles. The Labute approximate surface area is 121 Å². The first-order valence-electron chi connectivity index (χ1n) is 5.72. The third-order valence-electron chi connectivity index (χ3n) is 2.61. The maximum atomic E-state index is 13.7. The summed E-state index contributed by atoms with van der Waals surface area (Å²) in [6.45, 7) is 0. The van der Waals surface area contributed by atoms with Crippen molar-refractivity contribution in [3.8, 4) is 11.8 Å². The van der Waals surface area contributed by atoms with Crippen molar-refractivity contribution in [3.05, 3.63) is 59.4 Å². The first kappa shape index (κ1) is 14.0. The smallest absolute Gasteiger partial charge is 0.139 e. The SMILES string of the molecule is CSc1ccc(C#Cc2ccc(SC)cc2F)cc1. The van der Waals surface area contributed by atoms with Crippen molar-refractivity contribution in [2.75, 3.05) is 12.5 Å². The molecule has 2 aromatic carbocycles. The highest BCUT2D eigenvalue weighted by atomic mass is 32.2. The van der Waals surface area contributed by atoms with Gasteiger partial charge in [-0.25, -0.2) is 4.39 Å². The number of halogens is 1. The van der Waals surface area contributed by atoms with Gasteiger partial charge in [0.05, 0.1) is 5.56 Å².